The van der Waals surface area contributed by atoms with Crippen molar-refractivity contribution in [3.63, 3.8) is 0 Å². The van der Waals surface area contributed by atoms with Gasteiger partial charge in [0.25, 0.3) is 0 Å². The molecule has 3 atom stereocenters. The first kappa shape index (κ1) is 24.9. The van der Waals surface area contributed by atoms with Crippen LogP contribution in [0, 0.1) is 5.92 Å². The maximum absolute atomic E-state index is 12.5. The molecule has 0 saturated heterocycles. The van der Waals surface area contributed by atoms with Crippen LogP contribution in [0.1, 0.15) is 19.4 Å². The summed E-state index contributed by atoms with van der Waals surface area (Å²) in [6.45, 7) is 2.25. The molecule has 0 aliphatic heterocycles. The molecule has 11 nitrogen and oxygen atoms in total. The van der Waals surface area contributed by atoms with Crippen LogP contribution in [-0.2, 0) is 25.6 Å². The fourth-order valence-corrected chi connectivity index (χ4v) is 2.56. The Morgan fingerprint density at radius 3 is 2.00 bits per heavy atom. The van der Waals surface area contributed by atoms with Crippen molar-refractivity contribution < 1.29 is 34.5 Å². The van der Waals surface area contributed by atoms with Gasteiger partial charge in [0.15, 0.2) is 0 Å². The fraction of sp³-hybridized carbons (Fsp3) is 0.474. The smallest absolute Gasteiger partial charge is 0.326 e. The summed E-state index contributed by atoms with van der Waals surface area (Å²) in [5.41, 5.74) is 5.78. The average molecular weight is 424 g/mol. The van der Waals surface area contributed by atoms with Gasteiger partial charge in [-0.05, 0) is 23.6 Å². The van der Waals surface area contributed by atoms with Crippen molar-refractivity contribution in [1.29, 1.82) is 0 Å². The van der Waals surface area contributed by atoms with Crippen LogP contribution in [0.2, 0.25) is 0 Å². The van der Waals surface area contributed by atoms with Gasteiger partial charge in [-0.15, -0.1) is 0 Å². The normalized spacial score (nSPS) is 13.8. The van der Waals surface area contributed by atoms with Crippen molar-refractivity contribution >= 4 is 23.7 Å². The zero-order chi connectivity index (χ0) is 22.8. The highest BCUT2D eigenvalue weighted by Crippen LogP contribution is 2.11. The highest BCUT2D eigenvalue weighted by Gasteiger charge is 2.30. The van der Waals surface area contributed by atoms with E-state index in [0.717, 1.165) is 0 Å². The van der Waals surface area contributed by atoms with E-state index in [4.69, 9.17) is 5.73 Å². The summed E-state index contributed by atoms with van der Waals surface area (Å²) < 4.78 is 0. The van der Waals surface area contributed by atoms with E-state index in [1.165, 1.54) is 24.3 Å². The second kappa shape index (κ2) is 11.7. The van der Waals surface area contributed by atoms with Gasteiger partial charge in [0.05, 0.1) is 13.2 Å². The molecule has 1 aromatic carbocycles. The number of aliphatic hydroxyl groups is 1. The molecule has 8 N–H and O–H groups in total. The summed E-state index contributed by atoms with van der Waals surface area (Å²) >= 11 is 0. The number of carboxylic acids is 1. The van der Waals surface area contributed by atoms with E-state index in [2.05, 4.69) is 16.0 Å². The number of nitrogens with one attached hydrogen (secondary N) is 3. The van der Waals surface area contributed by atoms with E-state index in [1.807, 2.05) is 0 Å². The van der Waals surface area contributed by atoms with E-state index in [1.54, 1.807) is 13.8 Å². The molecule has 0 fully saturated rings. The summed E-state index contributed by atoms with van der Waals surface area (Å²) in [4.78, 5) is 47.9. The molecule has 166 valence electrons. The molecule has 0 aromatic heterocycles. The van der Waals surface area contributed by atoms with Crippen molar-refractivity contribution in [3.05, 3.63) is 29.8 Å². The zero-order valence-electron chi connectivity index (χ0n) is 16.8. The highest BCUT2D eigenvalue weighted by molar-refractivity contribution is 5.93. The largest absolute Gasteiger partial charge is 0.508 e. The molecular weight excluding hydrogens is 396 g/mol. The summed E-state index contributed by atoms with van der Waals surface area (Å²) in [6.07, 6.45) is -0.0748. The van der Waals surface area contributed by atoms with E-state index in [9.17, 15) is 34.5 Å². The number of carboxylic acid groups (broad SMARTS) is 1. The van der Waals surface area contributed by atoms with E-state index >= 15 is 0 Å². The highest BCUT2D eigenvalue weighted by atomic mass is 16.4. The Kier molecular flexibility index (Phi) is 9.72. The van der Waals surface area contributed by atoms with E-state index in [-0.39, 0.29) is 24.6 Å². The lowest BCUT2D eigenvalue weighted by Crippen LogP contribution is -2.58. The van der Waals surface area contributed by atoms with Crippen molar-refractivity contribution in [2.24, 2.45) is 11.7 Å². The Labute approximate surface area is 173 Å². The lowest BCUT2D eigenvalue weighted by molar-refractivity contribution is -0.142. The van der Waals surface area contributed by atoms with Crippen molar-refractivity contribution in [2.45, 2.75) is 38.4 Å². The van der Waals surface area contributed by atoms with Gasteiger partial charge in [0.1, 0.15) is 23.9 Å². The molecule has 3 amide bonds. The average Bonchev–Trinajstić information content (AvgIpc) is 2.70. The number of phenols is 1. The maximum atomic E-state index is 12.5. The zero-order valence-corrected chi connectivity index (χ0v) is 16.8. The summed E-state index contributed by atoms with van der Waals surface area (Å²) in [7, 11) is 0. The molecular formula is C19H28N4O7. The van der Waals surface area contributed by atoms with Gasteiger partial charge in [-0.25, -0.2) is 4.79 Å². The Hall–Kier alpha value is -3.18. The van der Waals surface area contributed by atoms with Gasteiger partial charge in [-0.2, -0.15) is 0 Å². The first-order valence-corrected chi connectivity index (χ1v) is 9.30. The number of rotatable bonds is 11. The second-order valence-electron chi connectivity index (χ2n) is 7.01. The Balaban J connectivity index is 2.83. The molecule has 0 bridgehead atoms. The Bertz CT molecular complexity index is 752. The van der Waals surface area contributed by atoms with Crippen LogP contribution < -0.4 is 21.7 Å². The third kappa shape index (κ3) is 7.68. The molecule has 0 radical (unpaired) electrons. The van der Waals surface area contributed by atoms with Crippen LogP contribution in [0.25, 0.3) is 0 Å². The third-order valence-corrected chi connectivity index (χ3v) is 4.26. The standard InChI is InChI=1S/C19H28N4O7/c1-10(2)16(23-15(26)8-20)18(28)22-14(9-24)17(27)21-13(19(29)30)7-11-3-5-12(25)6-4-11/h3-6,10,13-14,16,24-25H,7-9,20H2,1-2H3,(H,21,27)(H,22,28)(H,23,26)(H,29,30). The first-order valence-electron chi connectivity index (χ1n) is 9.30. The van der Waals surface area contributed by atoms with Gasteiger partial charge in [-0.3, -0.25) is 14.4 Å². The number of hydrogen-bond donors (Lipinski definition) is 7. The molecule has 30 heavy (non-hydrogen) atoms. The van der Waals surface area contributed by atoms with Crippen molar-refractivity contribution in [1.82, 2.24) is 16.0 Å². The van der Waals surface area contributed by atoms with Gasteiger partial charge in [-0.1, -0.05) is 26.0 Å². The Morgan fingerprint density at radius 2 is 1.53 bits per heavy atom. The predicted octanol–water partition coefficient (Wildman–Crippen LogP) is -1.92. The minimum absolute atomic E-state index is 0.0131. The fourth-order valence-electron chi connectivity index (χ4n) is 2.56. The second-order valence-corrected chi connectivity index (χ2v) is 7.01. The maximum Gasteiger partial charge on any atom is 0.326 e. The lowest BCUT2D eigenvalue weighted by atomic mass is 10.0. The number of hydrogen-bond acceptors (Lipinski definition) is 7. The van der Waals surface area contributed by atoms with Crippen LogP contribution in [-0.4, -0.2) is 70.3 Å². The molecule has 0 spiro atoms. The number of nitrogens with two attached hydrogens (primary N) is 1. The molecule has 0 heterocycles. The van der Waals surface area contributed by atoms with E-state index in [0.29, 0.717) is 5.56 Å². The van der Waals surface area contributed by atoms with Crippen LogP contribution in [0.4, 0.5) is 0 Å². The van der Waals surface area contributed by atoms with Crippen LogP contribution >= 0.6 is 0 Å². The van der Waals surface area contributed by atoms with Gasteiger partial charge < -0.3 is 37.0 Å². The van der Waals surface area contributed by atoms with Crippen LogP contribution in [0.5, 0.6) is 5.75 Å². The summed E-state index contributed by atoms with van der Waals surface area (Å²) in [5.74, 6) is -3.80. The van der Waals surface area contributed by atoms with Crippen LogP contribution in [0.15, 0.2) is 24.3 Å². The number of benzene rings is 1. The quantitative estimate of drug-likeness (QED) is 0.214. The molecule has 11 heteroatoms. The number of aromatic hydroxyl groups is 1. The van der Waals surface area contributed by atoms with Crippen molar-refractivity contribution in [2.75, 3.05) is 13.2 Å². The molecule has 0 aliphatic carbocycles. The number of amides is 3. The predicted molar refractivity (Wildman–Crippen MR) is 106 cm³/mol. The number of carbonyl (C=O) groups is 4. The minimum Gasteiger partial charge on any atom is -0.508 e. The minimum atomic E-state index is -1.42. The summed E-state index contributed by atoms with van der Waals surface area (Å²) in [5, 5.41) is 35.2. The van der Waals surface area contributed by atoms with Crippen LogP contribution in [0.3, 0.4) is 0 Å². The van der Waals surface area contributed by atoms with E-state index < -0.39 is 48.4 Å². The summed E-state index contributed by atoms with van der Waals surface area (Å²) in [6, 6.07) is 2.05. The Morgan fingerprint density at radius 1 is 0.967 bits per heavy atom. The topological polar surface area (TPSA) is 191 Å². The molecule has 1 aromatic rings. The third-order valence-electron chi connectivity index (χ3n) is 4.26. The number of aliphatic carboxylic acids is 1. The van der Waals surface area contributed by atoms with Crippen molar-refractivity contribution in [3.8, 4) is 5.75 Å². The number of carbonyl (C=O) groups excluding carboxylic acids is 3. The SMILES string of the molecule is CC(C)C(NC(=O)CN)C(=O)NC(CO)C(=O)NC(Cc1ccc(O)cc1)C(=O)O. The monoisotopic (exact) mass is 424 g/mol. The molecule has 1 rings (SSSR count). The van der Waals surface area contributed by atoms with Gasteiger partial charge in [0.2, 0.25) is 17.7 Å². The van der Waals surface area contributed by atoms with Gasteiger partial charge >= 0.3 is 5.97 Å². The molecule has 0 aliphatic rings. The first-order chi connectivity index (χ1) is 14.1. The number of aliphatic hydroxyl groups excluding tert-OH is 1. The van der Waals surface area contributed by atoms with Gasteiger partial charge in [0, 0.05) is 6.42 Å². The molecule has 0 saturated carbocycles. The lowest BCUT2D eigenvalue weighted by Gasteiger charge is -2.25. The molecule has 3 unspecified atom stereocenters. The number of phenolic OH excluding ortho intramolecular Hbond substituents is 1.